The fourth-order valence-corrected chi connectivity index (χ4v) is 2.82. The lowest BCUT2D eigenvalue weighted by atomic mass is 10.2. The van der Waals surface area contributed by atoms with Crippen LogP contribution in [-0.2, 0) is 0 Å². The minimum atomic E-state index is 0.962. The molecule has 0 saturated heterocycles. The summed E-state index contributed by atoms with van der Waals surface area (Å²) in [6, 6.07) is 16.3. The molecule has 4 aromatic heterocycles. The standard InChI is InChI=1S/C16H10N4/c1-3-7-19-13-10-14-12(9-11(13)17-15(19)5-1)18-16-6-2-4-8-20(14)16/h1-10H. The molecule has 0 aliphatic heterocycles. The maximum atomic E-state index is 4.65. The molecule has 0 bridgehead atoms. The fourth-order valence-electron chi connectivity index (χ4n) is 2.82. The van der Waals surface area contributed by atoms with Gasteiger partial charge in [0.15, 0.2) is 0 Å². The van der Waals surface area contributed by atoms with Gasteiger partial charge in [0.25, 0.3) is 0 Å². The van der Waals surface area contributed by atoms with Gasteiger partial charge in [0.1, 0.15) is 11.3 Å². The molecule has 94 valence electrons. The van der Waals surface area contributed by atoms with Crippen LogP contribution in [0.25, 0.3) is 33.4 Å². The maximum absolute atomic E-state index is 4.65. The molecular formula is C16H10N4. The average Bonchev–Trinajstić information content (AvgIpc) is 3.02. The van der Waals surface area contributed by atoms with Crippen LogP contribution in [0.2, 0.25) is 0 Å². The zero-order valence-corrected chi connectivity index (χ0v) is 10.6. The molecule has 0 radical (unpaired) electrons. The highest BCUT2D eigenvalue weighted by atomic mass is 15.0. The molecule has 4 heterocycles. The lowest BCUT2D eigenvalue weighted by molar-refractivity contribution is 1.21. The lowest BCUT2D eigenvalue weighted by Crippen LogP contribution is -1.84. The van der Waals surface area contributed by atoms with E-state index in [9.17, 15) is 0 Å². The molecule has 0 spiro atoms. The summed E-state index contributed by atoms with van der Waals surface area (Å²) in [5.74, 6) is 0. The molecular weight excluding hydrogens is 248 g/mol. The zero-order chi connectivity index (χ0) is 13.1. The van der Waals surface area contributed by atoms with Crippen LogP contribution in [0.5, 0.6) is 0 Å². The van der Waals surface area contributed by atoms with E-state index >= 15 is 0 Å². The van der Waals surface area contributed by atoms with Gasteiger partial charge in [0, 0.05) is 12.4 Å². The van der Waals surface area contributed by atoms with Crippen molar-refractivity contribution in [3.8, 4) is 0 Å². The molecule has 5 rings (SSSR count). The third-order valence-corrected chi connectivity index (χ3v) is 3.74. The Balaban J connectivity index is 2.06. The Morgan fingerprint density at radius 1 is 0.650 bits per heavy atom. The monoisotopic (exact) mass is 258 g/mol. The summed E-state index contributed by atoms with van der Waals surface area (Å²) in [7, 11) is 0. The summed E-state index contributed by atoms with van der Waals surface area (Å²) < 4.78 is 4.22. The predicted molar refractivity (Wildman–Crippen MR) is 79.0 cm³/mol. The highest BCUT2D eigenvalue weighted by Crippen LogP contribution is 2.24. The summed E-state index contributed by atoms with van der Waals surface area (Å²) in [4.78, 5) is 9.30. The van der Waals surface area contributed by atoms with Crippen LogP contribution in [0.15, 0.2) is 60.9 Å². The van der Waals surface area contributed by atoms with Gasteiger partial charge < -0.3 is 0 Å². The topological polar surface area (TPSA) is 34.6 Å². The minimum absolute atomic E-state index is 0.962. The van der Waals surface area contributed by atoms with Crippen molar-refractivity contribution in [3.05, 3.63) is 60.9 Å². The number of nitrogens with zero attached hydrogens (tertiary/aromatic N) is 4. The van der Waals surface area contributed by atoms with Crippen LogP contribution in [0.3, 0.4) is 0 Å². The van der Waals surface area contributed by atoms with Crippen molar-refractivity contribution in [2.24, 2.45) is 0 Å². The van der Waals surface area contributed by atoms with E-state index in [2.05, 4.69) is 30.9 Å². The zero-order valence-electron chi connectivity index (χ0n) is 10.6. The summed E-state index contributed by atoms with van der Waals surface area (Å²) in [6.07, 6.45) is 4.08. The number of benzene rings is 1. The number of aromatic nitrogens is 4. The summed E-state index contributed by atoms with van der Waals surface area (Å²) in [5, 5.41) is 0. The first-order chi connectivity index (χ1) is 9.90. The van der Waals surface area contributed by atoms with E-state index in [4.69, 9.17) is 0 Å². The Bertz CT molecular complexity index is 1020. The van der Waals surface area contributed by atoms with Crippen LogP contribution in [0, 0.1) is 0 Å². The van der Waals surface area contributed by atoms with E-state index in [1.54, 1.807) is 0 Å². The van der Waals surface area contributed by atoms with E-state index in [0.717, 1.165) is 33.4 Å². The van der Waals surface area contributed by atoms with E-state index in [-0.39, 0.29) is 0 Å². The van der Waals surface area contributed by atoms with Crippen LogP contribution in [0.4, 0.5) is 0 Å². The van der Waals surface area contributed by atoms with Gasteiger partial charge in [0.2, 0.25) is 0 Å². The van der Waals surface area contributed by atoms with E-state index in [1.807, 2.05) is 48.8 Å². The van der Waals surface area contributed by atoms with Crippen molar-refractivity contribution in [1.29, 1.82) is 0 Å². The normalized spacial score (nSPS) is 12.0. The molecule has 0 saturated carbocycles. The van der Waals surface area contributed by atoms with Gasteiger partial charge in [-0.05, 0) is 36.4 Å². The number of hydrogen-bond donors (Lipinski definition) is 0. The largest absolute Gasteiger partial charge is 0.300 e. The molecule has 0 fully saturated rings. The second-order valence-corrected chi connectivity index (χ2v) is 4.91. The van der Waals surface area contributed by atoms with Crippen LogP contribution in [-0.4, -0.2) is 18.8 Å². The molecule has 4 nitrogen and oxygen atoms in total. The van der Waals surface area contributed by atoms with Crippen molar-refractivity contribution < 1.29 is 0 Å². The Labute approximate surface area is 113 Å². The Hall–Kier alpha value is -2.88. The molecule has 5 aromatic rings. The summed E-state index contributed by atoms with van der Waals surface area (Å²) in [5.41, 5.74) is 6.10. The highest BCUT2D eigenvalue weighted by Gasteiger charge is 2.09. The van der Waals surface area contributed by atoms with Crippen LogP contribution >= 0.6 is 0 Å². The Morgan fingerprint density at radius 3 is 1.75 bits per heavy atom. The minimum Gasteiger partial charge on any atom is -0.300 e. The van der Waals surface area contributed by atoms with E-state index < -0.39 is 0 Å². The van der Waals surface area contributed by atoms with Gasteiger partial charge in [-0.15, -0.1) is 0 Å². The first-order valence-corrected chi connectivity index (χ1v) is 6.54. The highest BCUT2D eigenvalue weighted by molar-refractivity contribution is 5.95. The number of imidazole rings is 2. The van der Waals surface area contributed by atoms with Crippen molar-refractivity contribution in [2.75, 3.05) is 0 Å². The van der Waals surface area contributed by atoms with Crippen molar-refractivity contribution in [1.82, 2.24) is 18.8 Å². The third-order valence-electron chi connectivity index (χ3n) is 3.74. The molecule has 4 heteroatoms. The van der Waals surface area contributed by atoms with Crippen LogP contribution < -0.4 is 0 Å². The quantitative estimate of drug-likeness (QED) is 0.427. The van der Waals surface area contributed by atoms with Crippen LogP contribution in [0.1, 0.15) is 0 Å². The van der Waals surface area contributed by atoms with Gasteiger partial charge in [-0.3, -0.25) is 8.80 Å². The number of rotatable bonds is 0. The second kappa shape index (κ2) is 3.36. The first kappa shape index (κ1) is 9.97. The second-order valence-electron chi connectivity index (χ2n) is 4.91. The molecule has 0 unspecified atom stereocenters. The Kier molecular flexibility index (Phi) is 1.68. The lowest BCUT2D eigenvalue weighted by Gasteiger charge is -1.96. The SMILES string of the molecule is c1ccn2c(c1)nc1cc3nc4ccccn4c3cc12. The van der Waals surface area contributed by atoms with Gasteiger partial charge in [-0.1, -0.05) is 12.1 Å². The number of fused-ring (bicyclic) bond motifs is 6. The molecule has 1 aromatic carbocycles. The number of hydrogen-bond acceptors (Lipinski definition) is 2. The van der Waals surface area contributed by atoms with E-state index in [1.165, 1.54) is 0 Å². The van der Waals surface area contributed by atoms with Gasteiger partial charge in [-0.2, -0.15) is 0 Å². The predicted octanol–water partition coefficient (Wildman–Crippen LogP) is 3.29. The summed E-state index contributed by atoms with van der Waals surface area (Å²) >= 11 is 0. The smallest absolute Gasteiger partial charge is 0.137 e. The fraction of sp³-hybridized carbons (Fsp3) is 0. The van der Waals surface area contributed by atoms with Crippen molar-refractivity contribution in [3.63, 3.8) is 0 Å². The molecule has 0 aliphatic rings. The van der Waals surface area contributed by atoms with Crippen molar-refractivity contribution >= 4 is 33.4 Å². The molecule has 20 heavy (non-hydrogen) atoms. The third kappa shape index (κ3) is 1.15. The van der Waals surface area contributed by atoms with Gasteiger partial charge >= 0.3 is 0 Å². The average molecular weight is 258 g/mol. The summed E-state index contributed by atoms with van der Waals surface area (Å²) in [6.45, 7) is 0. The van der Waals surface area contributed by atoms with E-state index in [0.29, 0.717) is 0 Å². The van der Waals surface area contributed by atoms with Crippen molar-refractivity contribution in [2.45, 2.75) is 0 Å². The Morgan fingerprint density at radius 2 is 1.20 bits per heavy atom. The molecule has 0 N–H and O–H groups in total. The molecule has 0 atom stereocenters. The van der Waals surface area contributed by atoms with Gasteiger partial charge in [-0.25, -0.2) is 9.97 Å². The van der Waals surface area contributed by atoms with Gasteiger partial charge in [0.05, 0.1) is 22.1 Å². The molecule has 0 amide bonds. The first-order valence-electron chi connectivity index (χ1n) is 6.54. The molecule has 0 aliphatic carbocycles. The number of pyridine rings is 2. The maximum Gasteiger partial charge on any atom is 0.137 e.